The minimum atomic E-state index is -0.682. The van der Waals surface area contributed by atoms with Crippen LogP contribution in [0.25, 0.3) is 0 Å². The fourth-order valence-corrected chi connectivity index (χ4v) is 4.29. The summed E-state index contributed by atoms with van der Waals surface area (Å²) >= 11 is 0. The lowest BCUT2D eigenvalue weighted by Crippen LogP contribution is -2.43. The van der Waals surface area contributed by atoms with Crippen LogP contribution in [0.1, 0.15) is 51.5 Å². The van der Waals surface area contributed by atoms with Gasteiger partial charge in [0.15, 0.2) is 5.69 Å². The molecule has 1 amide bonds. The smallest absolute Gasteiger partial charge is 0.330 e. The van der Waals surface area contributed by atoms with Gasteiger partial charge in [0.05, 0.1) is 12.7 Å². The highest BCUT2D eigenvalue weighted by atomic mass is 16.5. The van der Waals surface area contributed by atoms with E-state index in [0.717, 1.165) is 24.2 Å². The lowest BCUT2D eigenvalue weighted by atomic mass is 10.1. The number of aryl methyl sites for hydroxylation is 1. The molecule has 9 heteroatoms. The second-order valence-electron chi connectivity index (χ2n) is 9.21. The number of nitrogens with two attached hydrogens (primary N) is 1. The third-order valence-corrected chi connectivity index (χ3v) is 5.98. The van der Waals surface area contributed by atoms with Gasteiger partial charge in [0, 0.05) is 26.6 Å². The van der Waals surface area contributed by atoms with Crippen molar-refractivity contribution in [1.82, 2.24) is 9.55 Å². The Hall–Kier alpha value is -3.07. The van der Waals surface area contributed by atoms with Gasteiger partial charge in [0.25, 0.3) is 5.56 Å². The molecule has 1 aromatic carbocycles. The molecule has 186 valence electrons. The Balaban J connectivity index is 1.79. The second-order valence-corrected chi connectivity index (χ2v) is 9.21. The van der Waals surface area contributed by atoms with Crippen molar-refractivity contribution >= 4 is 17.4 Å². The van der Waals surface area contributed by atoms with Crippen LogP contribution < -0.4 is 26.6 Å². The van der Waals surface area contributed by atoms with Gasteiger partial charge in [-0.05, 0) is 55.7 Å². The Labute approximate surface area is 199 Å². The van der Waals surface area contributed by atoms with Crippen molar-refractivity contribution in [2.45, 2.75) is 65.0 Å². The summed E-state index contributed by atoms with van der Waals surface area (Å²) in [5.74, 6) is 0.653. The van der Waals surface area contributed by atoms with E-state index in [1.165, 1.54) is 29.4 Å². The molecule has 3 N–H and O–H groups in total. The molecule has 2 aromatic rings. The summed E-state index contributed by atoms with van der Waals surface area (Å²) in [4.78, 5) is 41.9. The molecule has 0 saturated heterocycles. The van der Waals surface area contributed by atoms with E-state index >= 15 is 0 Å². The van der Waals surface area contributed by atoms with Crippen molar-refractivity contribution < 1.29 is 14.3 Å². The standard InChI is InChI=1S/C25H36N4O5/c1-17(2)16-29-23(26)22(24(31)27-25(29)32)28(13-14-33-3)21(30)12-11-18-7-6-10-20(15-18)34-19-8-4-5-9-19/h6-7,10,15,17,19H,4-5,8-9,11-14,16,26H2,1-3H3,(H,27,31,32). The van der Waals surface area contributed by atoms with Gasteiger partial charge in [-0.2, -0.15) is 0 Å². The van der Waals surface area contributed by atoms with E-state index in [4.69, 9.17) is 15.2 Å². The predicted octanol–water partition coefficient (Wildman–Crippen LogP) is 2.71. The quantitative estimate of drug-likeness (QED) is 0.519. The average Bonchev–Trinajstić information content (AvgIpc) is 3.30. The molecular weight excluding hydrogens is 436 g/mol. The van der Waals surface area contributed by atoms with Crippen molar-refractivity contribution in [2.24, 2.45) is 5.92 Å². The van der Waals surface area contributed by atoms with Crippen molar-refractivity contribution in [3.05, 3.63) is 50.7 Å². The number of ether oxygens (including phenoxy) is 2. The summed E-state index contributed by atoms with van der Waals surface area (Å²) < 4.78 is 12.5. The second kappa shape index (κ2) is 11.9. The van der Waals surface area contributed by atoms with E-state index in [1.807, 2.05) is 38.1 Å². The van der Waals surface area contributed by atoms with Crippen molar-refractivity contribution in [1.29, 1.82) is 0 Å². The van der Waals surface area contributed by atoms with E-state index in [0.29, 0.717) is 13.0 Å². The highest BCUT2D eigenvalue weighted by Crippen LogP contribution is 2.25. The zero-order chi connectivity index (χ0) is 24.7. The fourth-order valence-electron chi connectivity index (χ4n) is 4.29. The highest BCUT2D eigenvalue weighted by molar-refractivity contribution is 5.95. The molecule has 1 fully saturated rings. The van der Waals surface area contributed by atoms with E-state index < -0.39 is 11.2 Å². The monoisotopic (exact) mass is 472 g/mol. The third-order valence-electron chi connectivity index (χ3n) is 5.98. The van der Waals surface area contributed by atoms with Crippen LogP contribution in [-0.2, 0) is 22.5 Å². The first-order valence-electron chi connectivity index (χ1n) is 12.0. The van der Waals surface area contributed by atoms with Crippen LogP contribution in [0.2, 0.25) is 0 Å². The number of aromatic nitrogens is 2. The van der Waals surface area contributed by atoms with Crippen molar-refractivity contribution in [3.63, 3.8) is 0 Å². The number of nitrogens with zero attached hydrogens (tertiary/aromatic N) is 2. The minimum absolute atomic E-state index is 0.0133. The molecule has 3 rings (SSSR count). The van der Waals surface area contributed by atoms with Gasteiger partial charge in [-0.1, -0.05) is 26.0 Å². The Bertz CT molecular complexity index is 1090. The topological polar surface area (TPSA) is 120 Å². The van der Waals surface area contributed by atoms with Gasteiger partial charge in [0.2, 0.25) is 5.91 Å². The molecule has 0 unspecified atom stereocenters. The molecule has 0 bridgehead atoms. The maximum atomic E-state index is 13.3. The van der Waals surface area contributed by atoms with E-state index in [1.54, 1.807) is 0 Å². The maximum Gasteiger partial charge on any atom is 0.330 e. The van der Waals surface area contributed by atoms with Crippen LogP contribution in [0.3, 0.4) is 0 Å². The highest BCUT2D eigenvalue weighted by Gasteiger charge is 2.24. The van der Waals surface area contributed by atoms with Crippen LogP contribution in [-0.4, -0.2) is 41.8 Å². The summed E-state index contributed by atoms with van der Waals surface area (Å²) in [5.41, 5.74) is 5.93. The minimum Gasteiger partial charge on any atom is -0.490 e. The number of carbonyl (C=O) groups is 1. The normalized spacial score (nSPS) is 14.0. The number of aromatic amines is 1. The Morgan fingerprint density at radius 1 is 1.26 bits per heavy atom. The van der Waals surface area contributed by atoms with Crippen molar-refractivity contribution in [2.75, 3.05) is 30.9 Å². The summed E-state index contributed by atoms with van der Waals surface area (Å²) in [7, 11) is 1.52. The number of methoxy groups -OCH3 is 1. The molecule has 1 aliphatic rings. The molecule has 34 heavy (non-hydrogen) atoms. The van der Waals surface area contributed by atoms with Gasteiger partial charge >= 0.3 is 5.69 Å². The molecule has 0 radical (unpaired) electrons. The number of nitrogens with one attached hydrogen (secondary N) is 1. The van der Waals surface area contributed by atoms with E-state index in [2.05, 4.69) is 4.98 Å². The molecule has 9 nitrogen and oxygen atoms in total. The Kier molecular flexibility index (Phi) is 8.92. The number of nitrogen functional groups attached to an aromatic ring is 1. The molecule has 1 aliphatic carbocycles. The number of rotatable bonds is 11. The van der Waals surface area contributed by atoms with Crippen molar-refractivity contribution in [3.8, 4) is 5.75 Å². The summed E-state index contributed by atoms with van der Waals surface area (Å²) in [6, 6.07) is 7.79. The largest absolute Gasteiger partial charge is 0.490 e. The molecule has 1 heterocycles. The maximum absolute atomic E-state index is 13.3. The first kappa shape index (κ1) is 25.6. The van der Waals surface area contributed by atoms with Gasteiger partial charge in [-0.25, -0.2) is 4.79 Å². The SMILES string of the molecule is COCCN(C(=O)CCc1cccc(OC2CCCC2)c1)c1c(N)n(CC(C)C)c(=O)[nH]c1=O. The summed E-state index contributed by atoms with van der Waals surface area (Å²) in [5, 5.41) is 0. The van der Waals surface area contributed by atoms with Crippen LogP contribution in [0.4, 0.5) is 11.5 Å². The number of hydrogen-bond acceptors (Lipinski definition) is 6. The van der Waals surface area contributed by atoms with Gasteiger partial charge < -0.3 is 20.1 Å². The number of hydrogen-bond donors (Lipinski definition) is 2. The van der Waals surface area contributed by atoms with E-state index in [9.17, 15) is 14.4 Å². The first-order chi connectivity index (χ1) is 16.3. The van der Waals surface area contributed by atoms with Crippen LogP contribution in [0.15, 0.2) is 33.9 Å². The first-order valence-corrected chi connectivity index (χ1v) is 12.0. The number of amides is 1. The molecular formula is C25H36N4O5. The van der Waals surface area contributed by atoms with Crippen LogP contribution >= 0.6 is 0 Å². The molecule has 0 spiro atoms. The molecule has 0 atom stereocenters. The number of anilines is 2. The molecule has 1 saturated carbocycles. The van der Waals surface area contributed by atoms with Gasteiger partial charge in [0.1, 0.15) is 11.6 Å². The third kappa shape index (κ3) is 6.50. The number of benzene rings is 1. The zero-order valence-corrected chi connectivity index (χ0v) is 20.3. The summed E-state index contributed by atoms with van der Waals surface area (Å²) in [6.45, 7) is 4.57. The lowest BCUT2D eigenvalue weighted by molar-refractivity contribution is -0.118. The zero-order valence-electron chi connectivity index (χ0n) is 20.3. The fraction of sp³-hybridized carbons (Fsp3) is 0.560. The lowest BCUT2D eigenvalue weighted by Gasteiger charge is -2.25. The van der Waals surface area contributed by atoms with E-state index in [-0.39, 0.29) is 49.0 Å². The predicted molar refractivity (Wildman–Crippen MR) is 132 cm³/mol. The van der Waals surface area contributed by atoms with Crippen LogP contribution in [0.5, 0.6) is 5.75 Å². The number of carbonyl (C=O) groups excluding carboxylic acids is 1. The average molecular weight is 473 g/mol. The number of H-pyrrole nitrogens is 1. The van der Waals surface area contributed by atoms with Gasteiger partial charge in [-0.15, -0.1) is 0 Å². The Morgan fingerprint density at radius 2 is 2.00 bits per heavy atom. The van der Waals surface area contributed by atoms with Crippen LogP contribution in [0, 0.1) is 5.92 Å². The van der Waals surface area contributed by atoms with Gasteiger partial charge in [-0.3, -0.25) is 19.1 Å². The summed E-state index contributed by atoms with van der Waals surface area (Å²) in [6.07, 6.45) is 5.45. The molecule has 1 aromatic heterocycles. The molecule has 0 aliphatic heterocycles. The Morgan fingerprint density at radius 3 is 2.68 bits per heavy atom.